The summed E-state index contributed by atoms with van der Waals surface area (Å²) in [5.41, 5.74) is 2.52. The fourth-order valence-electron chi connectivity index (χ4n) is 3.33. The number of aryl methyl sites for hydroxylation is 1. The largest absolute Gasteiger partial charge is 0.326 e. The van der Waals surface area contributed by atoms with Crippen molar-refractivity contribution in [3.8, 4) is 0 Å². The van der Waals surface area contributed by atoms with Crippen LogP contribution in [-0.4, -0.2) is 37.5 Å². The van der Waals surface area contributed by atoms with Gasteiger partial charge in [0.25, 0.3) is 0 Å². The molecule has 3 rings (SSSR count). The molecule has 1 aliphatic heterocycles. The molecule has 1 heterocycles. The number of nitrogens with zero attached hydrogens (tertiary/aromatic N) is 1. The number of hydrogen-bond acceptors (Lipinski definition) is 4. The van der Waals surface area contributed by atoms with Crippen LogP contribution in [-0.2, 0) is 14.8 Å². The van der Waals surface area contributed by atoms with Crippen LogP contribution >= 0.6 is 11.8 Å². The average Bonchev–Trinajstić information content (AvgIpc) is 2.95. The van der Waals surface area contributed by atoms with Crippen molar-refractivity contribution >= 4 is 33.4 Å². The summed E-state index contributed by atoms with van der Waals surface area (Å²) in [6.45, 7) is 4.56. The standard InChI is InChI=1S/C21H26N2O3S2/c1-3-21(24)22-18-9-10-20(16(2)15-18)28(25,26)23-12-11-19(27-14-13-23)17-7-5-4-6-8-17/h4-10,15,19H,3,11-14H2,1-2H3,(H,22,24). The van der Waals surface area contributed by atoms with Gasteiger partial charge in [-0.15, -0.1) is 0 Å². The van der Waals surface area contributed by atoms with Crippen molar-refractivity contribution in [2.45, 2.75) is 36.8 Å². The lowest BCUT2D eigenvalue weighted by Gasteiger charge is -2.21. The van der Waals surface area contributed by atoms with Crippen molar-refractivity contribution in [3.05, 3.63) is 59.7 Å². The first-order chi connectivity index (χ1) is 13.4. The van der Waals surface area contributed by atoms with E-state index >= 15 is 0 Å². The van der Waals surface area contributed by atoms with E-state index in [-0.39, 0.29) is 5.91 Å². The third-order valence-corrected chi connectivity index (χ3v) is 8.26. The van der Waals surface area contributed by atoms with E-state index in [1.807, 2.05) is 30.0 Å². The molecule has 1 amide bonds. The van der Waals surface area contributed by atoms with Crippen molar-refractivity contribution in [2.75, 3.05) is 24.2 Å². The molecule has 150 valence electrons. The minimum Gasteiger partial charge on any atom is -0.326 e. The Morgan fingerprint density at radius 1 is 1.18 bits per heavy atom. The molecular weight excluding hydrogens is 392 g/mol. The highest BCUT2D eigenvalue weighted by Crippen LogP contribution is 2.35. The van der Waals surface area contributed by atoms with Crippen LogP contribution in [0.1, 0.15) is 36.1 Å². The molecular formula is C21H26N2O3S2. The molecule has 7 heteroatoms. The number of thioether (sulfide) groups is 1. The molecule has 0 saturated carbocycles. The van der Waals surface area contributed by atoms with E-state index in [1.165, 1.54) is 5.56 Å². The van der Waals surface area contributed by atoms with Crippen LogP contribution in [0.25, 0.3) is 0 Å². The zero-order chi connectivity index (χ0) is 20.1. The van der Waals surface area contributed by atoms with Gasteiger partial charge in [-0.3, -0.25) is 4.79 Å². The van der Waals surface area contributed by atoms with Crippen LogP contribution in [0.15, 0.2) is 53.4 Å². The van der Waals surface area contributed by atoms with E-state index in [0.29, 0.717) is 40.9 Å². The first kappa shape index (κ1) is 20.9. The molecule has 1 saturated heterocycles. The average molecular weight is 419 g/mol. The number of nitrogens with one attached hydrogen (secondary N) is 1. The highest BCUT2D eigenvalue weighted by Gasteiger charge is 2.29. The second-order valence-corrected chi connectivity index (χ2v) is 10.1. The molecule has 1 N–H and O–H groups in total. The Morgan fingerprint density at radius 3 is 2.61 bits per heavy atom. The minimum absolute atomic E-state index is 0.0912. The Bertz CT molecular complexity index is 930. The zero-order valence-electron chi connectivity index (χ0n) is 16.2. The summed E-state index contributed by atoms with van der Waals surface area (Å²) in [6, 6.07) is 15.2. The summed E-state index contributed by atoms with van der Waals surface area (Å²) < 4.78 is 28.0. The number of sulfonamides is 1. The topological polar surface area (TPSA) is 66.5 Å². The number of benzene rings is 2. The van der Waals surface area contributed by atoms with Gasteiger partial charge >= 0.3 is 0 Å². The Morgan fingerprint density at radius 2 is 1.93 bits per heavy atom. The third-order valence-electron chi connectivity index (χ3n) is 4.87. The Hall–Kier alpha value is -1.83. The van der Waals surface area contributed by atoms with E-state index in [0.717, 1.165) is 12.2 Å². The van der Waals surface area contributed by atoms with E-state index in [1.54, 1.807) is 36.4 Å². The Balaban J connectivity index is 1.76. The van der Waals surface area contributed by atoms with Gasteiger partial charge in [-0.25, -0.2) is 8.42 Å². The minimum atomic E-state index is -3.57. The molecule has 5 nitrogen and oxygen atoms in total. The summed E-state index contributed by atoms with van der Waals surface area (Å²) in [5.74, 6) is 0.675. The van der Waals surface area contributed by atoms with Crippen LogP contribution in [0.5, 0.6) is 0 Å². The van der Waals surface area contributed by atoms with Gasteiger partial charge in [-0.2, -0.15) is 16.1 Å². The van der Waals surface area contributed by atoms with Crippen LogP contribution in [0.3, 0.4) is 0 Å². The maximum Gasteiger partial charge on any atom is 0.243 e. The lowest BCUT2D eigenvalue weighted by molar-refractivity contribution is -0.115. The molecule has 2 aromatic rings. The maximum atomic E-state index is 13.2. The second kappa shape index (κ2) is 9.11. The van der Waals surface area contributed by atoms with Crippen LogP contribution in [0, 0.1) is 6.92 Å². The lowest BCUT2D eigenvalue weighted by Crippen LogP contribution is -2.33. The van der Waals surface area contributed by atoms with Gasteiger partial charge in [-0.05, 0) is 42.7 Å². The number of amides is 1. The number of rotatable bonds is 5. The van der Waals surface area contributed by atoms with E-state index < -0.39 is 10.0 Å². The molecule has 0 spiro atoms. The van der Waals surface area contributed by atoms with E-state index in [9.17, 15) is 13.2 Å². The Labute approximate surface area is 171 Å². The van der Waals surface area contributed by atoms with Gasteiger partial charge in [0.05, 0.1) is 4.90 Å². The van der Waals surface area contributed by atoms with Crippen molar-refractivity contribution in [1.82, 2.24) is 4.31 Å². The Kier molecular flexibility index (Phi) is 6.80. The second-order valence-electron chi connectivity index (χ2n) is 6.84. The van der Waals surface area contributed by atoms with Gasteiger partial charge in [-0.1, -0.05) is 37.3 Å². The van der Waals surface area contributed by atoms with Gasteiger partial charge in [0.1, 0.15) is 0 Å². The van der Waals surface area contributed by atoms with E-state index in [4.69, 9.17) is 0 Å². The first-order valence-corrected chi connectivity index (χ1v) is 12.0. The van der Waals surface area contributed by atoms with Crippen LogP contribution in [0.2, 0.25) is 0 Å². The molecule has 1 fully saturated rings. The molecule has 1 atom stereocenters. The molecule has 28 heavy (non-hydrogen) atoms. The molecule has 1 aliphatic rings. The molecule has 0 aromatic heterocycles. The number of anilines is 1. The van der Waals surface area contributed by atoms with Crippen molar-refractivity contribution in [3.63, 3.8) is 0 Å². The third kappa shape index (κ3) is 4.77. The predicted octanol–water partition coefficient (Wildman–Crippen LogP) is 4.21. The monoisotopic (exact) mass is 418 g/mol. The summed E-state index contributed by atoms with van der Waals surface area (Å²) in [6.07, 6.45) is 1.17. The fourth-order valence-corrected chi connectivity index (χ4v) is 6.34. The molecule has 2 aromatic carbocycles. The SMILES string of the molecule is CCC(=O)Nc1ccc(S(=O)(=O)N2CCSC(c3ccccc3)CC2)c(C)c1. The normalized spacial score (nSPS) is 18.4. The summed E-state index contributed by atoms with van der Waals surface area (Å²) >= 11 is 1.81. The van der Waals surface area contributed by atoms with Gasteiger partial charge in [0.2, 0.25) is 15.9 Å². The van der Waals surface area contributed by atoms with Gasteiger partial charge in [0.15, 0.2) is 0 Å². The lowest BCUT2D eigenvalue weighted by atomic mass is 10.1. The van der Waals surface area contributed by atoms with Crippen molar-refractivity contribution in [2.24, 2.45) is 0 Å². The molecule has 0 aliphatic carbocycles. The molecule has 0 bridgehead atoms. The zero-order valence-corrected chi connectivity index (χ0v) is 17.9. The van der Waals surface area contributed by atoms with Crippen molar-refractivity contribution in [1.29, 1.82) is 0 Å². The van der Waals surface area contributed by atoms with Gasteiger partial charge in [0, 0.05) is 36.2 Å². The number of carbonyl (C=O) groups is 1. The quantitative estimate of drug-likeness (QED) is 0.790. The summed E-state index contributed by atoms with van der Waals surface area (Å²) in [5, 5.41) is 3.09. The maximum absolute atomic E-state index is 13.2. The highest BCUT2D eigenvalue weighted by atomic mass is 32.2. The fraction of sp³-hybridized carbons (Fsp3) is 0.381. The van der Waals surface area contributed by atoms with E-state index in [2.05, 4.69) is 17.4 Å². The number of carbonyl (C=O) groups excluding carboxylic acids is 1. The molecule has 0 radical (unpaired) electrons. The summed E-state index contributed by atoms with van der Waals surface area (Å²) in [4.78, 5) is 11.9. The van der Waals surface area contributed by atoms with Gasteiger partial charge < -0.3 is 5.32 Å². The smallest absolute Gasteiger partial charge is 0.243 e. The first-order valence-electron chi connectivity index (χ1n) is 9.49. The predicted molar refractivity (Wildman–Crippen MR) is 115 cm³/mol. The van der Waals surface area contributed by atoms with Crippen molar-refractivity contribution < 1.29 is 13.2 Å². The molecule has 1 unspecified atom stereocenters. The summed E-state index contributed by atoms with van der Waals surface area (Å²) in [7, 11) is -3.57. The highest BCUT2D eigenvalue weighted by molar-refractivity contribution is 7.99. The van der Waals surface area contributed by atoms with Crippen LogP contribution in [0.4, 0.5) is 5.69 Å². The van der Waals surface area contributed by atoms with Crippen LogP contribution < -0.4 is 5.32 Å². The number of hydrogen-bond donors (Lipinski definition) is 1.